The Hall–Kier alpha value is -2.83. The van der Waals surface area contributed by atoms with Crippen molar-refractivity contribution >= 4 is 17.4 Å². The molecule has 1 aliphatic heterocycles. The summed E-state index contributed by atoms with van der Waals surface area (Å²) in [6.07, 6.45) is 2.17. The van der Waals surface area contributed by atoms with Crippen LogP contribution in [0.4, 0.5) is 11.5 Å². The van der Waals surface area contributed by atoms with Gasteiger partial charge in [-0.25, -0.2) is 9.97 Å². The number of aromatic nitrogens is 2. The monoisotopic (exact) mass is 356 g/mol. The van der Waals surface area contributed by atoms with Gasteiger partial charge in [-0.15, -0.1) is 0 Å². The van der Waals surface area contributed by atoms with Crippen LogP contribution in [0.25, 0.3) is 0 Å². The molecule has 7 nitrogen and oxygen atoms in total. The third-order valence-electron chi connectivity index (χ3n) is 4.10. The van der Waals surface area contributed by atoms with E-state index in [9.17, 15) is 4.79 Å². The van der Waals surface area contributed by atoms with E-state index in [4.69, 9.17) is 9.47 Å². The number of anilines is 2. The minimum Gasteiger partial charge on any atom is -0.486 e. The van der Waals surface area contributed by atoms with E-state index < -0.39 is 0 Å². The van der Waals surface area contributed by atoms with Crippen molar-refractivity contribution in [1.29, 1.82) is 0 Å². The molecule has 0 saturated carbocycles. The van der Waals surface area contributed by atoms with E-state index >= 15 is 0 Å². The van der Waals surface area contributed by atoms with E-state index in [1.54, 1.807) is 31.2 Å². The number of benzene rings is 1. The highest BCUT2D eigenvalue weighted by atomic mass is 16.6. The molecule has 138 valence electrons. The van der Waals surface area contributed by atoms with Gasteiger partial charge in [0, 0.05) is 31.4 Å². The second kappa shape index (κ2) is 8.03. The Morgan fingerprint density at radius 3 is 2.73 bits per heavy atom. The molecule has 1 amide bonds. The van der Waals surface area contributed by atoms with Gasteiger partial charge >= 0.3 is 0 Å². The van der Waals surface area contributed by atoms with Crippen LogP contribution in [0.15, 0.2) is 24.3 Å². The molecule has 3 rings (SSSR count). The van der Waals surface area contributed by atoms with Crippen LogP contribution in [0.3, 0.4) is 0 Å². The first-order valence-corrected chi connectivity index (χ1v) is 8.84. The zero-order chi connectivity index (χ0) is 18.5. The number of carbonyl (C=O) groups is 1. The highest BCUT2D eigenvalue weighted by Crippen LogP contribution is 2.32. The normalized spacial score (nSPS) is 12.6. The average molecular weight is 356 g/mol. The Morgan fingerprint density at radius 2 is 1.96 bits per heavy atom. The SMILES string of the molecule is CCCCN(C)c1cc(C(=O)Nc2ccc3c(c2)OCCO3)nc(C)n1. The van der Waals surface area contributed by atoms with Gasteiger partial charge in [0.2, 0.25) is 0 Å². The van der Waals surface area contributed by atoms with Gasteiger partial charge in [0.1, 0.15) is 30.5 Å². The third-order valence-corrected chi connectivity index (χ3v) is 4.10. The first-order valence-electron chi connectivity index (χ1n) is 8.84. The number of ether oxygens (including phenoxy) is 2. The first kappa shape index (κ1) is 18.0. The van der Waals surface area contributed by atoms with E-state index in [0.717, 1.165) is 25.2 Å². The summed E-state index contributed by atoms with van der Waals surface area (Å²) >= 11 is 0. The zero-order valence-corrected chi connectivity index (χ0v) is 15.4. The average Bonchev–Trinajstić information content (AvgIpc) is 2.65. The smallest absolute Gasteiger partial charge is 0.274 e. The third kappa shape index (κ3) is 4.22. The molecule has 1 aliphatic rings. The molecule has 0 radical (unpaired) electrons. The summed E-state index contributed by atoms with van der Waals surface area (Å²) in [5.41, 5.74) is 0.974. The fraction of sp³-hybridized carbons (Fsp3) is 0.421. The van der Waals surface area contributed by atoms with Crippen LogP contribution in [0, 0.1) is 6.92 Å². The molecule has 0 atom stereocenters. The lowest BCUT2D eigenvalue weighted by atomic mass is 10.2. The molecule has 1 aromatic carbocycles. The van der Waals surface area contributed by atoms with Gasteiger partial charge in [0.15, 0.2) is 11.5 Å². The summed E-state index contributed by atoms with van der Waals surface area (Å²) in [4.78, 5) is 23.4. The maximum absolute atomic E-state index is 12.6. The van der Waals surface area contributed by atoms with Crippen molar-refractivity contribution in [2.24, 2.45) is 0 Å². The summed E-state index contributed by atoms with van der Waals surface area (Å²) < 4.78 is 11.0. The van der Waals surface area contributed by atoms with E-state index in [-0.39, 0.29) is 5.91 Å². The largest absolute Gasteiger partial charge is 0.486 e. The Kier molecular flexibility index (Phi) is 5.55. The van der Waals surface area contributed by atoms with Crippen molar-refractivity contribution < 1.29 is 14.3 Å². The van der Waals surface area contributed by atoms with Crippen molar-refractivity contribution in [2.45, 2.75) is 26.7 Å². The first-order chi connectivity index (χ1) is 12.6. The fourth-order valence-electron chi connectivity index (χ4n) is 2.69. The molecule has 0 bridgehead atoms. The summed E-state index contributed by atoms with van der Waals surface area (Å²) in [7, 11) is 1.97. The molecule has 0 aliphatic carbocycles. The summed E-state index contributed by atoms with van der Waals surface area (Å²) in [6, 6.07) is 7.05. The molecular formula is C19H24N4O3. The number of hydrogen-bond donors (Lipinski definition) is 1. The highest BCUT2D eigenvalue weighted by molar-refractivity contribution is 6.03. The van der Waals surface area contributed by atoms with E-state index in [2.05, 4.69) is 22.2 Å². The molecule has 1 N–H and O–H groups in total. The number of carbonyl (C=O) groups excluding carboxylic acids is 1. The second-order valence-corrected chi connectivity index (χ2v) is 6.25. The maximum Gasteiger partial charge on any atom is 0.274 e. The van der Waals surface area contributed by atoms with Crippen molar-refractivity contribution in [1.82, 2.24) is 9.97 Å². The van der Waals surface area contributed by atoms with Crippen molar-refractivity contribution in [3.05, 3.63) is 35.8 Å². The molecule has 0 saturated heterocycles. The van der Waals surface area contributed by atoms with E-state index in [1.807, 2.05) is 11.9 Å². The van der Waals surface area contributed by atoms with Crippen LogP contribution in [-0.2, 0) is 0 Å². The molecule has 2 heterocycles. The van der Waals surface area contributed by atoms with Gasteiger partial charge in [0.05, 0.1) is 0 Å². The summed E-state index contributed by atoms with van der Waals surface area (Å²) in [5.74, 6) is 2.36. The summed E-state index contributed by atoms with van der Waals surface area (Å²) in [6.45, 7) is 5.86. The van der Waals surface area contributed by atoms with Crippen LogP contribution in [0.2, 0.25) is 0 Å². The number of unbranched alkanes of at least 4 members (excludes halogenated alkanes) is 1. The lowest BCUT2D eigenvalue weighted by Gasteiger charge is -2.19. The lowest BCUT2D eigenvalue weighted by Crippen LogP contribution is -2.22. The second-order valence-electron chi connectivity index (χ2n) is 6.25. The van der Waals surface area contributed by atoms with Gasteiger partial charge in [-0.05, 0) is 25.5 Å². The van der Waals surface area contributed by atoms with Crippen LogP contribution in [0.1, 0.15) is 36.1 Å². The number of amides is 1. The van der Waals surface area contributed by atoms with E-state index in [0.29, 0.717) is 41.9 Å². The van der Waals surface area contributed by atoms with Crippen LogP contribution in [-0.4, -0.2) is 42.7 Å². The molecule has 0 unspecified atom stereocenters. The quantitative estimate of drug-likeness (QED) is 0.857. The van der Waals surface area contributed by atoms with Gasteiger partial charge in [0.25, 0.3) is 5.91 Å². The van der Waals surface area contributed by atoms with Crippen molar-refractivity contribution in [2.75, 3.05) is 37.0 Å². The molecule has 0 spiro atoms. The minimum atomic E-state index is -0.280. The Morgan fingerprint density at radius 1 is 1.19 bits per heavy atom. The van der Waals surface area contributed by atoms with Gasteiger partial charge in [-0.2, -0.15) is 0 Å². The van der Waals surface area contributed by atoms with Crippen LogP contribution in [0.5, 0.6) is 11.5 Å². The topological polar surface area (TPSA) is 76.6 Å². The van der Waals surface area contributed by atoms with Crippen LogP contribution < -0.4 is 19.7 Å². The zero-order valence-electron chi connectivity index (χ0n) is 15.4. The molecule has 7 heteroatoms. The standard InChI is InChI=1S/C19H24N4O3/c1-4-5-8-23(3)18-12-15(20-13(2)21-18)19(24)22-14-6-7-16-17(11-14)26-10-9-25-16/h6-7,11-12H,4-5,8-10H2,1-3H3,(H,22,24). The number of rotatable bonds is 6. The number of nitrogens with one attached hydrogen (secondary N) is 1. The fourth-order valence-corrected chi connectivity index (χ4v) is 2.69. The molecule has 1 aromatic heterocycles. The number of nitrogens with zero attached hydrogens (tertiary/aromatic N) is 3. The van der Waals surface area contributed by atoms with Crippen molar-refractivity contribution in [3.63, 3.8) is 0 Å². The predicted molar refractivity (Wildman–Crippen MR) is 100 cm³/mol. The molecule has 2 aromatic rings. The molecule has 0 fully saturated rings. The van der Waals surface area contributed by atoms with Crippen molar-refractivity contribution in [3.8, 4) is 11.5 Å². The van der Waals surface area contributed by atoms with E-state index in [1.165, 1.54) is 0 Å². The Balaban J connectivity index is 1.76. The maximum atomic E-state index is 12.6. The van der Waals surface area contributed by atoms with Gasteiger partial charge in [-0.3, -0.25) is 4.79 Å². The number of fused-ring (bicyclic) bond motifs is 1. The molecule has 26 heavy (non-hydrogen) atoms. The Bertz CT molecular complexity index is 794. The van der Waals surface area contributed by atoms with Gasteiger partial charge in [-0.1, -0.05) is 13.3 Å². The van der Waals surface area contributed by atoms with Crippen LogP contribution >= 0.6 is 0 Å². The molecular weight excluding hydrogens is 332 g/mol. The summed E-state index contributed by atoms with van der Waals surface area (Å²) in [5, 5.41) is 2.86. The highest BCUT2D eigenvalue weighted by Gasteiger charge is 2.16. The Labute approximate surface area is 153 Å². The predicted octanol–water partition coefficient (Wildman–Crippen LogP) is 3.04. The number of aryl methyl sites for hydroxylation is 1. The van der Waals surface area contributed by atoms with Gasteiger partial charge < -0.3 is 19.7 Å². The number of hydrogen-bond acceptors (Lipinski definition) is 6. The lowest BCUT2D eigenvalue weighted by molar-refractivity contribution is 0.102. The minimum absolute atomic E-state index is 0.280.